The molecule has 5 nitrogen and oxygen atoms in total. The molecular formula is C15H26N4O. The Labute approximate surface area is 121 Å². The van der Waals surface area contributed by atoms with Gasteiger partial charge in [0, 0.05) is 30.9 Å². The molecule has 0 aliphatic carbocycles. The minimum Gasteiger partial charge on any atom is -0.409 e. The number of amidine groups is 1. The number of hydrogen-bond acceptors (Lipinski definition) is 4. The van der Waals surface area contributed by atoms with Crippen molar-refractivity contribution in [3.63, 3.8) is 0 Å². The summed E-state index contributed by atoms with van der Waals surface area (Å²) in [6, 6.07) is 7.80. The first-order chi connectivity index (χ1) is 9.43. The van der Waals surface area contributed by atoms with Crippen molar-refractivity contribution in [3.8, 4) is 0 Å². The van der Waals surface area contributed by atoms with Crippen LogP contribution in [-0.4, -0.2) is 49.7 Å². The van der Waals surface area contributed by atoms with Gasteiger partial charge in [0.25, 0.3) is 0 Å². The van der Waals surface area contributed by atoms with Crippen LogP contribution in [-0.2, 0) is 0 Å². The van der Waals surface area contributed by atoms with E-state index in [0.717, 1.165) is 30.9 Å². The molecule has 3 N–H and O–H groups in total. The van der Waals surface area contributed by atoms with Crippen LogP contribution in [0.4, 0.5) is 5.69 Å². The Bertz CT molecular complexity index is 426. The summed E-state index contributed by atoms with van der Waals surface area (Å²) in [5.74, 6) is 0.737. The van der Waals surface area contributed by atoms with Crippen LogP contribution < -0.4 is 10.6 Å². The van der Waals surface area contributed by atoms with Crippen LogP contribution >= 0.6 is 0 Å². The van der Waals surface area contributed by atoms with Gasteiger partial charge in [0.15, 0.2) is 5.84 Å². The third-order valence-electron chi connectivity index (χ3n) is 3.04. The molecule has 0 unspecified atom stereocenters. The zero-order chi connectivity index (χ0) is 15.1. The standard InChI is InChI=1S/C15H26N4O/c1-12(2)11-19(10-9-18(3)4)14-7-5-13(6-8-14)15(16)17-20/h5-8,12,20H,9-11H2,1-4H3,(H2,16,17). The highest BCUT2D eigenvalue weighted by molar-refractivity contribution is 5.97. The summed E-state index contributed by atoms with van der Waals surface area (Å²) in [6.07, 6.45) is 0. The summed E-state index contributed by atoms with van der Waals surface area (Å²) in [4.78, 5) is 4.54. The van der Waals surface area contributed by atoms with E-state index in [1.54, 1.807) is 0 Å². The van der Waals surface area contributed by atoms with Crippen LogP contribution in [0, 0.1) is 5.92 Å². The smallest absolute Gasteiger partial charge is 0.170 e. The van der Waals surface area contributed by atoms with Crippen LogP contribution in [0.1, 0.15) is 19.4 Å². The van der Waals surface area contributed by atoms with Gasteiger partial charge < -0.3 is 20.7 Å². The van der Waals surface area contributed by atoms with Crippen molar-refractivity contribution < 1.29 is 5.21 Å². The average molecular weight is 278 g/mol. The number of nitrogens with zero attached hydrogens (tertiary/aromatic N) is 3. The second-order valence-electron chi connectivity index (χ2n) is 5.68. The molecule has 0 fully saturated rings. The lowest BCUT2D eigenvalue weighted by Crippen LogP contribution is -2.34. The summed E-state index contributed by atoms with van der Waals surface area (Å²) >= 11 is 0. The van der Waals surface area contributed by atoms with Crippen molar-refractivity contribution in [1.82, 2.24) is 4.90 Å². The van der Waals surface area contributed by atoms with Crippen molar-refractivity contribution in [3.05, 3.63) is 29.8 Å². The van der Waals surface area contributed by atoms with E-state index in [4.69, 9.17) is 10.9 Å². The van der Waals surface area contributed by atoms with Crippen molar-refractivity contribution in [2.45, 2.75) is 13.8 Å². The van der Waals surface area contributed by atoms with E-state index in [1.165, 1.54) is 0 Å². The van der Waals surface area contributed by atoms with Crippen LogP contribution in [0.2, 0.25) is 0 Å². The molecule has 0 amide bonds. The third-order valence-corrected chi connectivity index (χ3v) is 3.04. The van der Waals surface area contributed by atoms with Crippen molar-refractivity contribution in [2.75, 3.05) is 38.6 Å². The number of oxime groups is 1. The first-order valence-electron chi connectivity index (χ1n) is 6.91. The summed E-state index contributed by atoms with van der Waals surface area (Å²) in [7, 11) is 4.16. The topological polar surface area (TPSA) is 65.1 Å². The zero-order valence-electron chi connectivity index (χ0n) is 12.9. The Morgan fingerprint density at radius 3 is 2.25 bits per heavy atom. The Morgan fingerprint density at radius 1 is 1.20 bits per heavy atom. The minimum atomic E-state index is 0.139. The van der Waals surface area contributed by atoms with E-state index >= 15 is 0 Å². The molecule has 0 saturated heterocycles. The van der Waals surface area contributed by atoms with Gasteiger partial charge in [-0.2, -0.15) is 0 Å². The van der Waals surface area contributed by atoms with Gasteiger partial charge in [0.1, 0.15) is 0 Å². The molecule has 1 aromatic carbocycles. The Kier molecular flexibility index (Phi) is 6.31. The molecule has 0 atom stereocenters. The third kappa shape index (κ3) is 5.09. The predicted octanol–water partition coefficient (Wildman–Crippen LogP) is 1.81. The van der Waals surface area contributed by atoms with Gasteiger partial charge >= 0.3 is 0 Å². The number of nitrogens with two attached hydrogens (primary N) is 1. The van der Waals surface area contributed by atoms with Crippen molar-refractivity contribution >= 4 is 11.5 Å². The lowest BCUT2D eigenvalue weighted by molar-refractivity contribution is 0.318. The normalized spacial score (nSPS) is 12.2. The van der Waals surface area contributed by atoms with Gasteiger partial charge in [-0.05, 0) is 44.3 Å². The fraction of sp³-hybridized carbons (Fsp3) is 0.533. The fourth-order valence-electron chi connectivity index (χ4n) is 1.99. The summed E-state index contributed by atoms with van der Waals surface area (Å²) in [6.45, 7) is 7.43. The van der Waals surface area contributed by atoms with Gasteiger partial charge in [0.05, 0.1) is 0 Å². The predicted molar refractivity (Wildman–Crippen MR) is 84.6 cm³/mol. The fourth-order valence-corrected chi connectivity index (χ4v) is 1.99. The second-order valence-corrected chi connectivity index (χ2v) is 5.68. The Hall–Kier alpha value is -1.75. The quantitative estimate of drug-likeness (QED) is 0.345. The minimum absolute atomic E-state index is 0.139. The second kappa shape index (κ2) is 7.75. The molecule has 20 heavy (non-hydrogen) atoms. The van der Waals surface area contributed by atoms with Crippen LogP contribution in [0.5, 0.6) is 0 Å². The van der Waals surface area contributed by atoms with Crippen LogP contribution in [0.15, 0.2) is 29.4 Å². The monoisotopic (exact) mass is 278 g/mol. The van der Waals surface area contributed by atoms with Gasteiger partial charge in [-0.25, -0.2) is 0 Å². The molecule has 0 spiro atoms. The van der Waals surface area contributed by atoms with Gasteiger partial charge in [-0.3, -0.25) is 0 Å². The van der Waals surface area contributed by atoms with Gasteiger partial charge in [-0.15, -0.1) is 0 Å². The molecule has 5 heteroatoms. The van der Waals surface area contributed by atoms with E-state index in [-0.39, 0.29) is 5.84 Å². The summed E-state index contributed by atoms with van der Waals surface area (Å²) in [5.41, 5.74) is 7.47. The molecule has 0 bridgehead atoms. The molecule has 0 saturated carbocycles. The molecule has 0 radical (unpaired) electrons. The zero-order valence-corrected chi connectivity index (χ0v) is 12.9. The SMILES string of the molecule is CC(C)CN(CCN(C)C)c1ccc(C(N)=NO)cc1. The van der Waals surface area contributed by atoms with E-state index in [1.807, 2.05) is 24.3 Å². The molecule has 0 aliphatic rings. The average Bonchev–Trinajstić information content (AvgIpc) is 2.42. The maximum absolute atomic E-state index is 8.68. The van der Waals surface area contributed by atoms with Gasteiger partial charge in [0.2, 0.25) is 0 Å². The first kappa shape index (κ1) is 16.3. The summed E-state index contributed by atoms with van der Waals surface area (Å²) < 4.78 is 0. The molecule has 0 aliphatic heterocycles. The Balaban J connectivity index is 2.84. The first-order valence-corrected chi connectivity index (χ1v) is 6.91. The van der Waals surface area contributed by atoms with E-state index in [0.29, 0.717) is 5.92 Å². The maximum atomic E-state index is 8.68. The molecular weight excluding hydrogens is 252 g/mol. The number of hydrogen-bond donors (Lipinski definition) is 2. The Morgan fingerprint density at radius 2 is 1.80 bits per heavy atom. The van der Waals surface area contributed by atoms with Crippen LogP contribution in [0.3, 0.4) is 0 Å². The largest absolute Gasteiger partial charge is 0.409 e. The number of rotatable bonds is 7. The van der Waals surface area contributed by atoms with Crippen LogP contribution in [0.25, 0.3) is 0 Å². The number of likely N-dealkylation sites (N-methyl/N-ethyl adjacent to an activating group) is 1. The summed E-state index contributed by atoms with van der Waals surface area (Å²) in [5, 5.41) is 11.7. The number of benzene rings is 1. The van der Waals surface area contributed by atoms with Crippen molar-refractivity contribution in [2.24, 2.45) is 16.8 Å². The van der Waals surface area contributed by atoms with Gasteiger partial charge in [-0.1, -0.05) is 19.0 Å². The lowest BCUT2D eigenvalue weighted by Gasteiger charge is -2.28. The van der Waals surface area contributed by atoms with E-state index in [2.05, 4.69) is 42.9 Å². The number of anilines is 1. The van der Waals surface area contributed by atoms with Crippen molar-refractivity contribution in [1.29, 1.82) is 0 Å². The molecule has 1 aromatic rings. The molecule has 1 rings (SSSR count). The maximum Gasteiger partial charge on any atom is 0.170 e. The van der Waals surface area contributed by atoms with E-state index in [9.17, 15) is 0 Å². The van der Waals surface area contributed by atoms with E-state index < -0.39 is 0 Å². The molecule has 0 heterocycles. The molecule has 112 valence electrons. The highest BCUT2D eigenvalue weighted by atomic mass is 16.4. The highest BCUT2D eigenvalue weighted by Crippen LogP contribution is 2.17. The molecule has 0 aromatic heterocycles. The highest BCUT2D eigenvalue weighted by Gasteiger charge is 2.09. The lowest BCUT2D eigenvalue weighted by atomic mass is 10.1.